The van der Waals surface area contributed by atoms with Crippen molar-refractivity contribution in [2.45, 2.75) is 33.8 Å². The molecule has 1 aliphatic heterocycles. The molecule has 35 heavy (non-hydrogen) atoms. The van der Waals surface area contributed by atoms with E-state index in [9.17, 15) is 14.9 Å². The maximum atomic E-state index is 13.2. The number of ether oxygens (including phenoxy) is 1. The molecular formula is C28H26N4O3. The molecule has 0 spiro atoms. The van der Waals surface area contributed by atoms with E-state index in [0.717, 1.165) is 21.9 Å². The Labute approximate surface area is 204 Å². The first-order valence-corrected chi connectivity index (χ1v) is 11.5. The molecule has 0 radical (unpaired) electrons. The van der Waals surface area contributed by atoms with Gasteiger partial charge in [0.1, 0.15) is 17.4 Å². The Balaban J connectivity index is 1.88. The molecule has 7 heteroatoms. The summed E-state index contributed by atoms with van der Waals surface area (Å²) in [5, 5.41) is 14.4. The average molecular weight is 467 g/mol. The van der Waals surface area contributed by atoms with Gasteiger partial charge in [0.15, 0.2) is 0 Å². The normalized spacial score (nSPS) is 15.2. The Hall–Kier alpha value is -4.44. The number of carbonyl (C=O) groups excluding carboxylic acids is 2. The standard InChI is InChI=1S/C28H26N4O3/c1-5-31-27(33)24(19(4)25(16-29)28(31)34)15-21-17-32(22-9-7-6-8-10-22)30-26(21)20-11-13-23(14-12-20)35-18(2)3/h6-15,17-18H,5H2,1-4H3. The van der Waals surface area contributed by atoms with Gasteiger partial charge in [0, 0.05) is 29.4 Å². The van der Waals surface area contributed by atoms with Crippen molar-refractivity contribution in [2.24, 2.45) is 0 Å². The monoisotopic (exact) mass is 466 g/mol. The summed E-state index contributed by atoms with van der Waals surface area (Å²) in [6.45, 7) is 7.46. The highest BCUT2D eigenvalue weighted by molar-refractivity contribution is 6.19. The van der Waals surface area contributed by atoms with E-state index in [1.807, 2.05) is 80.7 Å². The number of aromatic nitrogens is 2. The van der Waals surface area contributed by atoms with Gasteiger partial charge in [-0.1, -0.05) is 18.2 Å². The molecule has 4 rings (SSSR count). The number of carbonyl (C=O) groups is 2. The quantitative estimate of drug-likeness (QED) is 0.379. The maximum Gasteiger partial charge on any atom is 0.271 e. The molecule has 7 nitrogen and oxygen atoms in total. The molecule has 1 aliphatic rings. The summed E-state index contributed by atoms with van der Waals surface area (Å²) < 4.78 is 7.51. The predicted octanol–water partition coefficient (Wildman–Crippen LogP) is 4.94. The zero-order valence-corrected chi connectivity index (χ0v) is 20.1. The molecule has 0 atom stereocenters. The molecule has 0 fully saturated rings. The zero-order valence-electron chi connectivity index (χ0n) is 20.1. The lowest BCUT2D eigenvalue weighted by atomic mass is 9.93. The van der Waals surface area contributed by atoms with Crippen molar-refractivity contribution >= 4 is 17.9 Å². The smallest absolute Gasteiger partial charge is 0.271 e. The van der Waals surface area contributed by atoms with Crippen molar-refractivity contribution in [3.05, 3.63) is 83.1 Å². The molecule has 0 saturated carbocycles. The topological polar surface area (TPSA) is 88.2 Å². The van der Waals surface area contributed by atoms with Crippen molar-refractivity contribution < 1.29 is 14.3 Å². The van der Waals surface area contributed by atoms with Crippen LogP contribution in [0.25, 0.3) is 23.0 Å². The molecule has 3 aromatic rings. The van der Waals surface area contributed by atoms with E-state index in [0.29, 0.717) is 22.4 Å². The van der Waals surface area contributed by atoms with Crippen LogP contribution in [0.2, 0.25) is 0 Å². The van der Waals surface area contributed by atoms with Gasteiger partial charge in [-0.25, -0.2) is 4.68 Å². The summed E-state index contributed by atoms with van der Waals surface area (Å²) >= 11 is 0. The van der Waals surface area contributed by atoms with Gasteiger partial charge in [-0.15, -0.1) is 0 Å². The van der Waals surface area contributed by atoms with E-state index < -0.39 is 11.8 Å². The summed E-state index contributed by atoms with van der Waals surface area (Å²) in [4.78, 5) is 26.8. The Bertz CT molecular complexity index is 1370. The largest absolute Gasteiger partial charge is 0.491 e. The fourth-order valence-electron chi connectivity index (χ4n) is 3.97. The van der Waals surface area contributed by atoms with Crippen LogP contribution in [-0.2, 0) is 9.59 Å². The minimum atomic E-state index is -0.560. The first-order chi connectivity index (χ1) is 16.8. The number of nitriles is 1. The Kier molecular flexibility index (Phi) is 6.65. The van der Waals surface area contributed by atoms with E-state index >= 15 is 0 Å². The summed E-state index contributed by atoms with van der Waals surface area (Å²) in [6, 6.07) is 19.2. The van der Waals surface area contributed by atoms with E-state index in [4.69, 9.17) is 9.84 Å². The van der Waals surface area contributed by atoms with Crippen LogP contribution in [-0.4, -0.2) is 39.1 Å². The van der Waals surface area contributed by atoms with Crippen LogP contribution in [0, 0.1) is 11.3 Å². The Morgan fingerprint density at radius 3 is 2.34 bits per heavy atom. The van der Waals surface area contributed by atoms with Crippen molar-refractivity contribution in [1.82, 2.24) is 14.7 Å². The van der Waals surface area contributed by atoms with Gasteiger partial charge in [0.05, 0.1) is 17.5 Å². The van der Waals surface area contributed by atoms with E-state index in [1.165, 1.54) is 0 Å². The minimum Gasteiger partial charge on any atom is -0.491 e. The number of amides is 2. The van der Waals surface area contributed by atoms with E-state index in [-0.39, 0.29) is 18.2 Å². The SMILES string of the molecule is CCN1C(=O)C(=Cc2cn(-c3ccccc3)nc2-c2ccc(OC(C)C)cc2)C(C)=C(C#N)C1=O. The molecule has 2 aromatic carbocycles. The van der Waals surface area contributed by atoms with Gasteiger partial charge in [-0.2, -0.15) is 10.4 Å². The van der Waals surface area contributed by atoms with Gasteiger partial charge in [-0.05, 0) is 75.7 Å². The average Bonchev–Trinajstić information content (AvgIpc) is 3.27. The summed E-state index contributed by atoms with van der Waals surface area (Å²) in [6.07, 6.45) is 3.61. The molecule has 0 bridgehead atoms. The molecule has 0 N–H and O–H groups in total. The Morgan fingerprint density at radius 1 is 1.06 bits per heavy atom. The lowest BCUT2D eigenvalue weighted by Gasteiger charge is -2.26. The molecule has 2 heterocycles. The van der Waals surface area contributed by atoms with Gasteiger partial charge in [-0.3, -0.25) is 14.5 Å². The second-order valence-corrected chi connectivity index (χ2v) is 8.43. The van der Waals surface area contributed by atoms with Crippen molar-refractivity contribution in [3.8, 4) is 28.8 Å². The van der Waals surface area contributed by atoms with Crippen molar-refractivity contribution in [1.29, 1.82) is 5.26 Å². The van der Waals surface area contributed by atoms with Gasteiger partial charge in [0.2, 0.25) is 0 Å². The minimum absolute atomic E-state index is 0.0233. The zero-order chi connectivity index (χ0) is 25.1. The second-order valence-electron chi connectivity index (χ2n) is 8.43. The van der Waals surface area contributed by atoms with Crippen LogP contribution < -0.4 is 4.74 Å². The van der Waals surface area contributed by atoms with E-state index in [1.54, 1.807) is 24.6 Å². The van der Waals surface area contributed by atoms with Crippen LogP contribution in [0.3, 0.4) is 0 Å². The molecule has 0 aliphatic carbocycles. The van der Waals surface area contributed by atoms with Crippen LogP contribution in [0.15, 0.2) is 77.5 Å². The summed E-state index contributed by atoms with van der Waals surface area (Å²) in [5.41, 5.74) is 3.71. The summed E-state index contributed by atoms with van der Waals surface area (Å²) in [7, 11) is 0. The second kappa shape index (κ2) is 9.82. The van der Waals surface area contributed by atoms with E-state index in [2.05, 4.69) is 0 Å². The highest BCUT2D eigenvalue weighted by atomic mass is 16.5. The number of nitrogens with zero attached hydrogens (tertiary/aromatic N) is 4. The third-order valence-corrected chi connectivity index (χ3v) is 5.70. The Morgan fingerprint density at radius 2 is 1.74 bits per heavy atom. The van der Waals surface area contributed by atoms with Gasteiger partial charge >= 0.3 is 0 Å². The lowest BCUT2D eigenvalue weighted by Crippen LogP contribution is -2.42. The molecule has 0 unspecified atom stereocenters. The number of para-hydroxylation sites is 1. The van der Waals surface area contributed by atoms with Crippen LogP contribution in [0.1, 0.15) is 33.3 Å². The van der Waals surface area contributed by atoms with Crippen LogP contribution >= 0.6 is 0 Å². The predicted molar refractivity (Wildman–Crippen MR) is 133 cm³/mol. The molecule has 1 aromatic heterocycles. The number of imide groups is 1. The van der Waals surface area contributed by atoms with Crippen molar-refractivity contribution in [3.63, 3.8) is 0 Å². The first kappa shape index (κ1) is 23.7. The molecule has 0 saturated heterocycles. The third kappa shape index (κ3) is 4.64. The fraction of sp³-hybridized carbons (Fsp3) is 0.214. The van der Waals surface area contributed by atoms with Crippen LogP contribution in [0.4, 0.5) is 0 Å². The van der Waals surface area contributed by atoms with Crippen molar-refractivity contribution in [2.75, 3.05) is 6.54 Å². The number of hydrogen-bond donors (Lipinski definition) is 0. The number of rotatable bonds is 6. The third-order valence-electron chi connectivity index (χ3n) is 5.70. The molecular weight excluding hydrogens is 440 g/mol. The van der Waals surface area contributed by atoms with Gasteiger partial charge < -0.3 is 4.74 Å². The highest BCUT2D eigenvalue weighted by Gasteiger charge is 2.34. The van der Waals surface area contributed by atoms with Gasteiger partial charge in [0.25, 0.3) is 11.8 Å². The first-order valence-electron chi connectivity index (χ1n) is 11.5. The fourth-order valence-corrected chi connectivity index (χ4v) is 3.97. The molecule has 2 amide bonds. The summed E-state index contributed by atoms with van der Waals surface area (Å²) in [5.74, 6) is -0.230. The maximum absolute atomic E-state index is 13.2. The van der Waals surface area contributed by atoms with Crippen LogP contribution in [0.5, 0.6) is 5.75 Å². The lowest BCUT2D eigenvalue weighted by molar-refractivity contribution is -0.140. The number of hydrogen-bond acceptors (Lipinski definition) is 5. The number of likely N-dealkylation sites (N-methyl/N-ethyl adjacent to an activating group) is 1. The molecule has 176 valence electrons. The number of benzene rings is 2. The highest BCUT2D eigenvalue weighted by Crippen LogP contribution is 2.31.